The summed E-state index contributed by atoms with van der Waals surface area (Å²) in [6.07, 6.45) is 1.39. The minimum atomic E-state index is 0.500. The van der Waals surface area contributed by atoms with Crippen LogP contribution in [0.4, 0.5) is 0 Å². The van der Waals surface area contributed by atoms with E-state index >= 15 is 0 Å². The number of hydrogen-bond donors (Lipinski definition) is 0. The van der Waals surface area contributed by atoms with Gasteiger partial charge in [-0.25, -0.2) is 0 Å². The zero-order chi connectivity index (χ0) is 8.97. The molecule has 0 aromatic heterocycles. The molecule has 5 heteroatoms. The standard InChI is InChI=1S/C7H4Cl3NO/c8-6-2-1-5(4-11-12-10)7(9)3-6/h1-4H. The van der Waals surface area contributed by atoms with Gasteiger partial charge in [-0.05, 0) is 12.1 Å². The first-order valence-corrected chi connectivity index (χ1v) is 4.06. The molecule has 1 aromatic rings. The van der Waals surface area contributed by atoms with Gasteiger partial charge in [0, 0.05) is 10.6 Å². The van der Waals surface area contributed by atoms with Crippen LogP contribution >= 0.6 is 35.1 Å². The van der Waals surface area contributed by atoms with Crippen LogP contribution in [0.5, 0.6) is 0 Å². The first kappa shape index (κ1) is 9.65. The summed E-state index contributed by atoms with van der Waals surface area (Å²) in [4.78, 5) is 0. The van der Waals surface area contributed by atoms with Crippen molar-refractivity contribution in [2.75, 3.05) is 0 Å². The van der Waals surface area contributed by atoms with Crippen LogP contribution in [0.15, 0.2) is 23.4 Å². The third-order valence-corrected chi connectivity index (χ3v) is 1.84. The highest BCUT2D eigenvalue weighted by Crippen LogP contribution is 2.19. The first-order chi connectivity index (χ1) is 5.74. The Morgan fingerprint density at radius 1 is 1.33 bits per heavy atom. The summed E-state index contributed by atoms with van der Waals surface area (Å²) in [5.41, 5.74) is 0.696. The summed E-state index contributed by atoms with van der Waals surface area (Å²) in [6.45, 7) is 0. The van der Waals surface area contributed by atoms with E-state index in [1.54, 1.807) is 18.2 Å². The Kier molecular flexibility index (Phi) is 3.66. The molecule has 0 heterocycles. The lowest BCUT2D eigenvalue weighted by Gasteiger charge is -1.96. The zero-order valence-electron chi connectivity index (χ0n) is 5.80. The molecule has 0 atom stereocenters. The molecule has 12 heavy (non-hydrogen) atoms. The van der Waals surface area contributed by atoms with Gasteiger partial charge < -0.3 is 0 Å². The second-order valence-corrected chi connectivity index (χ2v) is 2.95. The quantitative estimate of drug-likeness (QED) is 0.556. The van der Waals surface area contributed by atoms with Crippen LogP contribution in [-0.2, 0) is 4.39 Å². The fourth-order valence-electron chi connectivity index (χ4n) is 0.683. The Morgan fingerprint density at radius 2 is 2.08 bits per heavy atom. The normalized spacial score (nSPS) is 10.6. The van der Waals surface area contributed by atoms with Gasteiger partial charge in [0.2, 0.25) is 0 Å². The van der Waals surface area contributed by atoms with E-state index in [9.17, 15) is 0 Å². The molecule has 0 bridgehead atoms. The van der Waals surface area contributed by atoms with Gasteiger partial charge in [-0.15, -0.1) is 0 Å². The fraction of sp³-hybridized carbons (Fsp3) is 0. The molecule has 0 radical (unpaired) electrons. The minimum absolute atomic E-state index is 0.500. The van der Waals surface area contributed by atoms with Crippen molar-refractivity contribution in [3.8, 4) is 0 Å². The summed E-state index contributed by atoms with van der Waals surface area (Å²) in [6, 6.07) is 5.02. The molecule has 0 spiro atoms. The molecule has 0 aliphatic heterocycles. The van der Waals surface area contributed by atoms with E-state index in [1.165, 1.54) is 6.21 Å². The molecular weight excluding hydrogens is 220 g/mol. The molecular formula is C7H4Cl3NO. The number of halogens is 3. The molecule has 1 aromatic carbocycles. The minimum Gasteiger partial charge on any atom is -0.277 e. The van der Waals surface area contributed by atoms with Crippen molar-refractivity contribution in [3.05, 3.63) is 33.8 Å². The van der Waals surface area contributed by atoms with Crippen LogP contribution in [-0.4, -0.2) is 6.21 Å². The second-order valence-electron chi connectivity index (χ2n) is 1.97. The van der Waals surface area contributed by atoms with Crippen molar-refractivity contribution >= 4 is 41.3 Å². The maximum absolute atomic E-state index is 5.79. The Labute approximate surface area is 84.8 Å². The molecule has 0 saturated heterocycles. The third kappa shape index (κ3) is 2.55. The summed E-state index contributed by atoms with van der Waals surface area (Å²) in [5.74, 6) is 0. The van der Waals surface area contributed by atoms with E-state index in [4.69, 9.17) is 35.1 Å². The molecule has 64 valence electrons. The van der Waals surface area contributed by atoms with E-state index in [0.717, 1.165) is 0 Å². The maximum Gasteiger partial charge on any atom is 0.167 e. The highest BCUT2D eigenvalue weighted by atomic mass is 35.5. The SMILES string of the molecule is ClON=Cc1ccc(Cl)cc1Cl. The van der Waals surface area contributed by atoms with Gasteiger partial charge in [-0.3, -0.25) is 4.39 Å². The van der Waals surface area contributed by atoms with Crippen LogP contribution in [0.3, 0.4) is 0 Å². The van der Waals surface area contributed by atoms with Crippen molar-refractivity contribution in [2.24, 2.45) is 5.16 Å². The Bertz CT molecular complexity index is 301. The molecule has 0 N–H and O–H groups in total. The van der Waals surface area contributed by atoms with Crippen molar-refractivity contribution in [1.29, 1.82) is 0 Å². The predicted octanol–water partition coefficient (Wildman–Crippen LogP) is 3.50. The zero-order valence-corrected chi connectivity index (χ0v) is 8.07. The molecule has 1 rings (SSSR count). The van der Waals surface area contributed by atoms with E-state index < -0.39 is 0 Å². The highest BCUT2D eigenvalue weighted by molar-refractivity contribution is 6.36. The second kappa shape index (κ2) is 4.55. The smallest absolute Gasteiger partial charge is 0.167 e. The van der Waals surface area contributed by atoms with Crippen molar-refractivity contribution in [3.63, 3.8) is 0 Å². The predicted molar refractivity (Wildman–Crippen MR) is 51.0 cm³/mol. The molecule has 0 aliphatic carbocycles. The molecule has 0 unspecified atom stereocenters. The molecule has 0 saturated carbocycles. The Hall–Kier alpha value is -0.440. The van der Waals surface area contributed by atoms with Crippen molar-refractivity contribution in [2.45, 2.75) is 0 Å². The van der Waals surface area contributed by atoms with Crippen LogP contribution < -0.4 is 0 Å². The average molecular weight is 224 g/mol. The summed E-state index contributed by atoms with van der Waals surface area (Å²) < 4.78 is 3.98. The van der Waals surface area contributed by atoms with Crippen molar-refractivity contribution < 1.29 is 4.39 Å². The monoisotopic (exact) mass is 223 g/mol. The number of nitrogens with zero attached hydrogens (tertiary/aromatic N) is 1. The average Bonchev–Trinajstić information content (AvgIpc) is 2.03. The largest absolute Gasteiger partial charge is 0.277 e. The number of hydrogen-bond acceptors (Lipinski definition) is 2. The lowest BCUT2D eigenvalue weighted by atomic mass is 10.2. The van der Waals surface area contributed by atoms with Crippen LogP contribution in [0, 0.1) is 0 Å². The van der Waals surface area contributed by atoms with Gasteiger partial charge in [0.25, 0.3) is 0 Å². The lowest BCUT2D eigenvalue weighted by molar-refractivity contribution is 0.383. The number of oxime groups is 1. The fourth-order valence-corrected chi connectivity index (χ4v) is 1.18. The summed E-state index contributed by atoms with van der Waals surface area (Å²) in [7, 11) is 0. The van der Waals surface area contributed by atoms with Crippen LogP contribution in [0.2, 0.25) is 10.0 Å². The Morgan fingerprint density at radius 3 is 2.67 bits per heavy atom. The van der Waals surface area contributed by atoms with Crippen LogP contribution in [0.25, 0.3) is 0 Å². The topological polar surface area (TPSA) is 21.6 Å². The molecule has 0 aliphatic rings. The Balaban J connectivity index is 2.94. The molecule has 0 fully saturated rings. The van der Waals surface area contributed by atoms with E-state index in [0.29, 0.717) is 15.6 Å². The summed E-state index contributed by atoms with van der Waals surface area (Å²) in [5, 5.41) is 4.42. The van der Waals surface area contributed by atoms with E-state index in [-0.39, 0.29) is 0 Å². The van der Waals surface area contributed by atoms with Gasteiger partial charge in [-0.1, -0.05) is 34.4 Å². The van der Waals surface area contributed by atoms with Gasteiger partial charge in [-0.2, -0.15) is 0 Å². The first-order valence-electron chi connectivity index (χ1n) is 3.00. The van der Waals surface area contributed by atoms with Gasteiger partial charge in [0.1, 0.15) is 0 Å². The number of rotatable bonds is 2. The third-order valence-electron chi connectivity index (χ3n) is 1.19. The highest BCUT2D eigenvalue weighted by Gasteiger charge is 1.97. The van der Waals surface area contributed by atoms with Crippen molar-refractivity contribution in [1.82, 2.24) is 0 Å². The summed E-state index contributed by atoms with van der Waals surface area (Å²) >= 11 is 16.3. The van der Waals surface area contributed by atoms with Gasteiger partial charge in [0.05, 0.1) is 11.2 Å². The number of benzene rings is 1. The molecule has 2 nitrogen and oxygen atoms in total. The van der Waals surface area contributed by atoms with Gasteiger partial charge in [0.15, 0.2) is 11.9 Å². The maximum atomic E-state index is 5.79. The van der Waals surface area contributed by atoms with Gasteiger partial charge >= 0.3 is 0 Å². The van der Waals surface area contributed by atoms with E-state index in [1.807, 2.05) is 0 Å². The lowest BCUT2D eigenvalue weighted by Crippen LogP contribution is -1.82. The van der Waals surface area contributed by atoms with E-state index in [2.05, 4.69) is 9.55 Å². The van der Waals surface area contributed by atoms with Crippen LogP contribution in [0.1, 0.15) is 5.56 Å². The molecule has 0 amide bonds.